The summed E-state index contributed by atoms with van der Waals surface area (Å²) in [6.45, 7) is 0.811. The molecule has 1 rings (SSSR count). The van der Waals surface area contributed by atoms with Gasteiger partial charge in [0.05, 0.1) is 6.61 Å². The van der Waals surface area contributed by atoms with Crippen LogP contribution in [0.2, 0.25) is 0 Å². The summed E-state index contributed by atoms with van der Waals surface area (Å²) in [6.07, 6.45) is 1.51. The van der Waals surface area contributed by atoms with Crippen LogP contribution in [0, 0.1) is 11.8 Å². The molecule has 0 unspecified atom stereocenters. The summed E-state index contributed by atoms with van der Waals surface area (Å²) < 4.78 is 4.91. The summed E-state index contributed by atoms with van der Waals surface area (Å²) >= 11 is 0. The third-order valence-corrected chi connectivity index (χ3v) is 2.27. The predicted molar refractivity (Wildman–Crippen MR) is 67.0 cm³/mol. The number of hydrogen-bond acceptors (Lipinski definition) is 4. The first-order valence-electron chi connectivity index (χ1n) is 5.49. The maximum Gasteiger partial charge on any atom is 0.272 e. The minimum atomic E-state index is -0.194. The second-order valence-electron chi connectivity index (χ2n) is 3.61. The molecule has 0 atom stereocenters. The van der Waals surface area contributed by atoms with E-state index in [-0.39, 0.29) is 12.5 Å². The van der Waals surface area contributed by atoms with Gasteiger partial charge in [0.2, 0.25) is 0 Å². The smallest absolute Gasteiger partial charge is 0.272 e. The van der Waals surface area contributed by atoms with Gasteiger partial charge in [0.25, 0.3) is 5.91 Å². The number of rotatable bonds is 4. The molecule has 0 fully saturated rings. The average Bonchev–Trinajstić information content (AvgIpc) is 2.42. The zero-order chi connectivity index (χ0) is 13.4. The van der Waals surface area contributed by atoms with E-state index in [4.69, 9.17) is 9.84 Å². The van der Waals surface area contributed by atoms with Gasteiger partial charge in [-0.1, -0.05) is 11.8 Å². The first kappa shape index (κ1) is 14.2. The van der Waals surface area contributed by atoms with E-state index in [1.807, 2.05) is 0 Å². The topological polar surface area (TPSA) is 62.7 Å². The number of likely N-dealkylation sites (N-methyl/N-ethyl adjacent to an activating group) is 1. The van der Waals surface area contributed by atoms with E-state index >= 15 is 0 Å². The van der Waals surface area contributed by atoms with Crippen molar-refractivity contribution in [2.24, 2.45) is 0 Å². The van der Waals surface area contributed by atoms with E-state index in [0.29, 0.717) is 24.4 Å². The van der Waals surface area contributed by atoms with Crippen LogP contribution in [-0.4, -0.2) is 54.8 Å². The summed E-state index contributed by atoms with van der Waals surface area (Å²) in [7, 11) is 3.29. The lowest BCUT2D eigenvalue weighted by Crippen LogP contribution is -2.30. The van der Waals surface area contributed by atoms with Crippen LogP contribution in [0.1, 0.15) is 16.1 Å². The number of aliphatic hydroxyl groups excluding tert-OH is 1. The standard InChI is InChI=1S/C13H16N2O3/c1-15(7-9-18-2)13(17)12-6-5-11(10-14-12)4-3-8-16/h5-6,10,16H,7-9H2,1-2H3. The van der Waals surface area contributed by atoms with Gasteiger partial charge in [0, 0.05) is 32.5 Å². The van der Waals surface area contributed by atoms with Gasteiger partial charge in [0.15, 0.2) is 0 Å². The lowest BCUT2D eigenvalue weighted by molar-refractivity contribution is 0.0738. The average molecular weight is 248 g/mol. The lowest BCUT2D eigenvalue weighted by atomic mass is 10.2. The molecule has 96 valence electrons. The summed E-state index contributed by atoms with van der Waals surface area (Å²) in [6, 6.07) is 3.32. The fraction of sp³-hybridized carbons (Fsp3) is 0.385. The number of pyridine rings is 1. The molecule has 1 aromatic heterocycles. The Morgan fingerprint density at radius 2 is 2.33 bits per heavy atom. The second-order valence-corrected chi connectivity index (χ2v) is 3.61. The van der Waals surface area contributed by atoms with E-state index < -0.39 is 0 Å². The third-order valence-electron chi connectivity index (χ3n) is 2.27. The Kier molecular flexibility index (Phi) is 5.85. The number of aromatic nitrogens is 1. The van der Waals surface area contributed by atoms with Crippen LogP contribution in [-0.2, 0) is 4.74 Å². The van der Waals surface area contributed by atoms with Gasteiger partial charge in [-0.2, -0.15) is 0 Å². The lowest BCUT2D eigenvalue weighted by Gasteiger charge is -2.15. The van der Waals surface area contributed by atoms with E-state index in [9.17, 15) is 4.79 Å². The maximum absolute atomic E-state index is 11.9. The monoisotopic (exact) mass is 248 g/mol. The number of nitrogens with zero attached hydrogens (tertiary/aromatic N) is 2. The van der Waals surface area contributed by atoms with Crippen molar-refractivity contribution in [2.45, 2.75) is 0 Å². The van der Waals surface area contributed by atoms with Crippen molar-refractivity contribution in [3.63, 3.8) is 0 Å². The third kappa shape index (κ3) is 4.17. The molecule has 18 heavy (non-hydrogen) atoms. The van der Waals surface area contributed by atoms with Crippen molar-refractivity contribution in [1.29, 1.82) is 0 Å². The van der Waals surface area contributed by atoms with Gasteiger partial charge in [-0.3, -0.25) is 4.79 Å². The molecule has 1 aromatic rings. The SMILES string of the molecule is COCCN(C)C(=O)c1ccc(C#CCO)cn1. The molecule has 0 saturated carbocycles. The van der Waals surface area contributed by atoms with E-state index in [1.165, 1.54) is 6.20 Å². The quantitative estimate of drug-likeness (QED) is 0.770. The highest BCUT2D eigenvalue weighted by atomic mass is 16.5. The molecule has 1 heterocycles. The number of aliphatic hydroxyl groups is 1. The fourth-order valence-electron chi connectivity index (χ4n) is 1.26. The molecule has 1 amide bonds. The Hall–Kier alpha value is -1.90. The molecular weight excluding hydrogens is 232 g/mol. The van der Waals surface area contributed by atoms with E-state index in [2.05, 4.69) is 16.8 Å². The molecule has 0 saturated heterocycles. The van der Waals surface area contributed by atoms with E-state index in [1.54, 1.807) is 31.2 Å². The molecule has 0 aliphatic heterocycles. The number of carbonyl (C=O) groups excluding carboxylic acids is 1. The molecule has 5 heteroatoms. The van der Waals surface area contributed by atoms with Crippen molar-refractivity contribution < 1.29 is 14.6 Å². The van der Waals surface area contributed by atoms with Crippen LogP contribution in [0.15, 0.2) is 18.3 Å². The molecule has 0 aromatic carbocycles. The number of hydrogen-bond donors (Lipinski definition) is 1. The van der Waals surface area contributed by atoms with Crippen LogP contribution in [0.5, 0.6) is 0 Å². The summed E-state index contributed by atoms with van der Waals surface area (Å²) in [4.78, 5) is 17.5. The fourth-order valence-corrected chi connectivity index (χ4v) is 1.26. The maximum atomic E-state index is 11.9. The minimum Gasteiger partial charge on any atom is -0.384 e. The molecule has 0 radical (unpaired) electrons. The minimum absolute atomic E-state index is 0.159. The van der Waals surface area contributed by atoms with Crippen LogP contribution in [0.4, 0.5) is 0 Å². The van der Waals surface area contributed by atoms with Crippen LogP contribution >= 0.6 is 0 Å². The van der Waals surface area contributed by atoms with Crippen LogP contribution < -0.4 is 0 Å². The summed E-state index contributed by atoms with van der Waals surface area (Å²) in [5.74, 6) is 5.08. The zero-order valence-electron chi connectivity index (χ0n) is 10.5. The highest BCUT2D eigenvalue weighted by Crippen LogP contribution is 2.02. The van der Waals surface area contributed by atoms with Gasteiger partial charge in [-0.05, 0) is 12.1 Å². The Morgan fingerprint density at radius 1 is 1.56 bits per heavy atom. The normalized spacial score (nSPS) is 9.50. The molecule has 0 spiro atoms. The molecular formula is C13H16N2O3. The van der Waals surface area contributed by atoms with Gasteiger partial charge in [-0.25, -0.2) is 4.98 Å². The zero-order valence-corrected chi connectivity index (χ0v) is 10.5. The Balaban J connectivity index is 2.69. The Labute approximate surface area is 106 Å². The number of ether oxygens (including phenoxy) is 1. The van der Waals surface area contributed by atoms with Crippen molar-refractivity contribution in [2.75, 3.05) is 33.9 Å². The molecule has 0 aliphatic rings. The highest BCUT2D eigenvalue weighted by molar-refractivity contribution is 5.92. The largest absolute Gasteiger partial charge is 0.384 e. The van der Waals surface area contributed by atoms with Crippen LogP contribution in [0.25, 0.3) is 0 Å². The summed E-state index contributed by atoms with van der Waals surface area (Å²) in [5, 5.41) is 8.56. The molecule has 0 aliphatic carbocycles. The first-order valence-corrected chi connectivity index (χ1v) is 5.49. The van der Waals surface area contributed by atoms with Gasteiger partial charge in [0.1, 0.15) is 12.3 Å². The van der Waals surface area contributed by atoms with Crippen molar-refractivity contribution in [3.8, 4) is 11.8 Å². The first-order chi connectivity index (χ1) is 8.69. The van der Waals surface area contributed by atoms with Gasteiger partial charge in [-0.15, -0.1) is 0 Å². The van der Waals surface area contributed by atoms with Crippen molar-refractivity contribution in [3.05, 3.63) is 29.6 Å². The van der Waals surface area contributed by atoms with Gasteiger partial charge < -0.3 is 14.7 Å². The molecule has 0 bridgehead atoms. The Morgan fingerprint density at radius 3 is 2.89 bits per heavy atom. The molecule has 1 N–H and O–H groups in total. The Bertz CT molecular complexity index is 446. The highest BCUT2D eigenvalue weighted by Gasteiger charge is 2.12. The summed E-state index contributed by atoms with van der Waals surface area (Å²) in [5.41, 5.74) is 1.03. The second kappa shape index (κ2) is 7.43. The van der Waals surface area contributed by atoms with E-state index in [0.717, 1.165) is 0 Å². The van der Waals surface area contributed by atoms with Crippen molar-refractivity contribution in [1.82, 2.24) is 9.88 Å². The number of amides is 1. The number of carbonyl (C=O) groups is 1. The van der Waals surface area contributed by atoms with Gasteiger partial charge >= 0.3 is 0 Å². The number of methoxy groups -OCH3 is 1. The molecule has 5 nitrogen and oxygen atoms in total. The van der Waals surface area contributed by atoms with Crippen LogP contribution in [0.3, 0.4) is 0 Å². The van der Waals surface area contributed by atoms with Crippen molar-refractivity contribution >= 4 is 5.91 Å². The predicted octanol–water partition coefficient (Wildman–Crippen LogP) is 0.144.